The molecule has 8 nitrogen and oxygen atoms in total. The molecule has 0 spiro atoms. The molecule has 0 saturated heterocycles. The number of carbonyl (C=O) groups excluding carboxylic acids is 1. The Labute approximate surface area is 190 Å². The first kappa shape index (κ1) is 23.0. The first-order valence-corrected chi connectivity index (χ1v) is 9.93. The van der Waals surface area contributed by atoms with Crippen LogP contribution in [-0.2, 0) is 11.4 Å². The van der Waals surface area contributed by atoms with E-state index >= 15 is 0 Å². The highest BCUT2D eigenvalue weighted by molar-refractivity contribution is 6.09. The van der Waals surface area contributed by atoms with Crippen molar-refractivity contribution in [3.8, 4) is 17.6 Å². The van der Waals surface area contributed by atoms with Crippen molar-refractivity contribution in [1.82, 2.24) is 0 Å². The number of nitriles is 1. The molecule has 3 aromatic carbocycles. The van der Waals surface area contributed by atoms with Crippen LogP contribution in [0.5, 0.6) is 11.5 Å². The Kier molecular flexibility index (Phi) is 7.39. The third-order valence-corrected chi connectivity index (χ3v) is 4.69. The Morgan fingerprint density at radius 3 is 2.55 bits per heavy atom. The van der Waals surface area contributed by atoms with Crippen molar-refractivity contribution in [3.63, 3.8) is 0 Å². The molecule has 0 heterocycles. The van der Waals surface area contributed by atoms with Crippen LogP contribution in [0.15, 0.2) is 72.3 Å². The SMILES string of the molecule is COc1cc(/C=C(\C#N)C(=O)Nc2cccc([N+](=O)[O-])c2)ccc1OCc1ccc(C)cc1. The minimum absolute atomic E-state index is 0.166. The number of carbonyl (C=O) groups is 1. The fourth-order valence-electron chi connectivity index (χ4n) is 2.95. The summed E-state index contributed by atoms with van der Waals surface area (Å²) in [4.78, 5) is 22.8. The van der Waals surface area contributed by atoms with E-state index in [1.807, 2.05) is 37.3 Å². The molecular weight excluding hydrogens is 422 g/mol. The maximum absolute atomic E-state index is 12.5. The summed E-state index contributed by atoms with van der Waals surface area (Å²) in [6, 6.07) is 20.4. The molecule has 0 aliphatic carbocycles. The van der Waals surface area contributed by atoms with Crippen LogP contribution in [0.25, 0.3) is 6.08 Å². The Balaban J connectivity index is 1.75. The lowest BCUT2D eigenvalue weighted by Gasteiger charge is -2.12. The Morgan fingerprint density at radius 2 is 1.88 bits per heavy atom. The summed E-state index contributed by atoms with van der Waals surface area (Å²) in [7, 11) is 1.50. The minimum atomic E-state index is -0.684. The monoisotopic (exact) mass is 443 g/mol. The number of benzene rings is 3. The average molecular weight is 443 g/mol. The standard InChI is InChI=1S/C25H21N3O5/c1-17-6-8-18(9-7-17)16-33-23-11-10-19(13-24(23)32-2)12-20(15-26)25(29)27-21-4-3-5-22(14-21)28(30)31/h3-14H,16H2,1-2H3,(H,27,29)/b20-12+. The van der Waals surface area contributed by atoms with E-state index in [1.165, 1.54) is 37.5 Å². The van der Waals surface area contributed by atoms with Crippen LogP contribution in [0, 0.1) is 28.4 Å². The summed E-state index contributed by atoms with van der Waals surface area (Å²) in [5.74, 6) is 0.290. The molecule has 0 unspecified atom stereocenters. The lowest BCUT2D eigenvalue weighted by atomic mass is 10.1. The van der Waals surface area contributed by atoms with Gasteiger partial charge in [0.1, 0.15) is 18.2 Å². The maximum Gasteiger partial charge on any atom is 0.271 e. The fraction of sp³-hybridized carbons (Fsp3) is 0.120. The number of methoxy groups -OCH3 is 1. The zero-order valence-electron chi connectivity index (χ0n) is 18.1. The largest absolute Gasteiger partial charge is 0.493 e. The molecule has 1 amide bonds. The first-order valence-electron chi connectivity index (χ1n) is 9.93. The second-order valence-corrected chi connectivity index (χ2v) is 7.12. The highest BCUT2D eigenvalue weighted by Gasteiger charge is 2.13. The van der Waals surface area contributed by atoms with Gasteiger partial charge in [-0.2, -0.15) is 5.26 Å². The first-order chi connectivity index (χ1) is 15.9. The molecule has 0 aliphatic heterocycles. The zero-order valence-corrected chi connectivity index (χ0v) is 18.1. The van der Waals surface area contributed by atoms with Crippen LogP contribution >= 0.6 is 0 Å². The zero-order chi connectivity index (χ0) is 23.8. The number of non-ortho nitro benzene ring substituents is 1. The Morgan fingerprint density at radius 1 is 1.12 bits per heavy atom. The predicted molar refractivity (Wildman–Crippen MR) is 124 cm³/mol. The van der Waals surface area contributed by atoms with Crippen LogP contribution in [0.2, 0.25) is 0 Å². The molecule has 0 aromatic heterocycles. The van der Waals surface area contributed by atoms with E-state index in [0.717, 1.165) is 11.1 Å². The highest BCUT2D eigenvalue weighted by Crippen LogP contribution is 2.30. The molecule has 0 bridgehead atoms. The molecule has 0 radical (unpaired) electrons. The molecule has 33 heavy (non-hydrogen) atoms. The molecule has 0 saturated carbocycles. The topological polar surface area (TPSA) is 114 Å². The molecule has 3 aromatic rings. The second kappa shape index (κ2) is 10.6. The van der Waals surface area contributed by atoms with Crippen LogP contribution < -0.4 is 14.8 Å². The summed E-state index contributed by atoms with van der Waals surface area (Å²) in [5, 5.41) is 22.9. The summed E-state index contributed by atoms with van der Waals surface area (Å²) in [5.41, 5.74) is 2.61. The van der Waals surface area contributed by atoms with Gasteiger partial charge in [0.25, 0.3) is 11.6 Å². The van der Waals surface area contributed by atoms with Crippen molar-refractivity contribution in [3.05, 3.63) is 99.1 Å². The number of hydrogen-bond acceptors (Lipinski definition) is 6. The summed E-state index contributed by atoms with van der Waals surface area (Å²) >= 11 is 0. The molecule has 0 fully saturated rings. The van der Waals surface area contributed by atoms with E-state index in [0.29, 0.717) is 23.7 Å². The average Bonchev–Trinajstić information content (AvgIpc) is 2.82. The number of nitrogens with zero attached hydrogens (tertiary/aromatic N) is 2. The van der Waals surface area contributed by atoms with Gasteiger partial charge in [0, 0.05) is 17.8 Å². The highest BCUT2D eigenvalue weighted by atomic mass is 16.6. The van der Waals surface area contributed by atoms with Gasteiger partial charge in [0.15, 0.2) is 11.5 Å². The van der Waals surface area contributed by atoms with Crippen LogP contribution in [-0.4, -0.2) is 17.9 Å². The van der Waals surface area contributed by atoms with Gasteiger partial charge in [-0.3, -0.25) is 14.9 Å². The quantitative estimate of drug-likeness (QED) is 0.226. The van der Waals surface area contributed by atoms with Crippen molar-refractivity contribution in [2.75, 3.05) is 12.4 Å². The number of hydrogen-bond donors (Lipinski definition) is 1. The number of nitro groups is 1. The van der Waals surface area contributed by atoms with E-state index in [2.05, 4.69) is 5.32 Å². The number of amides is 1. The third-order valence-electron chi connectivity index (χ3n) is 4.69. The minimum Gasteiger partial charge on any atom is -0.493 e. The number of nitro benzene ring substituents is 1. The van der Waals surface area contributed by atoms with E-state index < -0.39 is 10.8 Å². The summed E-state index contributed by atoms with van der Waals surface area (Å²) in [6.45, 7) is 2.38. The van der Waals surface area contributed by atoms with Crippen molar-refractivity contribution in [2.24, 2.45) is 0 Å². The van der Waals surface area contributed by atoms with Gasteiger partial charge in [0.05, 0.1) is 12.0 Å². The lowest BCUT2D eigenvalue weighted by Crippen LogP contribution is -2.13. The fourth-order valence-corrected chi connectivity index (χ4v) is 2.95. The van der Waals surface area contributed by atoms with E-state index in [1.54, 1.807) is 18.2 Å². The molecular formula is C25H21N3O5. The summed E-state index contributed by atoms with van der Waals surface area (Å²) < 4.78 is 11.3. The van der Waals surface area contributed by atoms with Gasteiger partial charge in [-0.1, -0.05) is 42.0 Å². The normalized spacial score (nSPS) is 10.8. The summed E-state index contributed by atoms with van der Waals surface area (Å²) in [6.07, 6.45) is 1.40. The Bertz CT molecular complexity index is 1240. The van der Waals surface area contributed by atoms with Crippen LogP contribution in [0.4, 0.5) is 11.4 Å². The second-order valence-electron chi connectivity index (χ2n) is 7.12. The van der Waals surface area contributed by atoms with Crippen molar-refractivity contribution >= 4 is 23.4 Å². The number of aryl methyl sites for hydroxylation is 1. The molecule has 3 rings (SSSR count). The van der Waals surface area contributed by atoms with Crippen molar-refractivity contribution in [2.45, 2.75) is 13.5 Å². The predicted octanol–water partition coefficient (Wildman–Crippen LogP) is 5.04. The van der Waals surface area contributed by atoms with Crippen LogP contribution in [0.3, 0.4) is 0 Å². The molecule has 166 valence electrons. The number of nitrogens with one attached hydrogen (secondary N) is 1. The molecule has 8 heteroatoms. The van der Waals surface area contributed by atoms with Gasteiger partial charge in [-0.25, -0.2) is 0 Å². The third kappa shape index (κ3) is 6.18. The van der Waals surface area contributed by atoms with Gasteiger partial charge < -0.3 is 14.8 Å². The number of ether oxygens (including phenoxy) is 2. The molecule has 0 aliphatic rings. The smallest absolute Gasteiger partial charge is 0.271 e. The van der Waals surface area contributed by atoms with Gasteiger partial charge >= 0.3 is 0 Å². The van der Waals surface area contributed by atoms with Gasteiger partial charge in [-0.05, 0) is 42.3 Å². The lowest BCUT2D eigenvalue weighted by molar-refractivity contribution is -0.384. The maximum atomic E-state index is 12.5. The van der Waals surface area contributed by atoms with Crippen molar-refractivity contribution < 1.29 is 19.2 Å². The molecule has 0 atom stereocenters. The van der Waals surface area contributed by atoms with E-state index in [9.17, 15) is 20.2 Å². The number of rotatable bonds is 8. The van der Waals surface area contributed by atoms with E-state index in [4.69, 9.17) is 9.47 Å². The van der Waals surface area contributed by atoms with Crippen LogP contribution in [0.1, 0.15) is 16.7 Å². The van der Waals surface area contributed by atoms with E-state index in [-0.39, 0.29) is 16.9 Å². The Hall–Kier alpha value is -4.64. The number of anilines is 1. The van der Waals surface area contributed by atoms with Gasteiger partial charge in [-0.15, -0.1) is 0 Å². The van der Waals surface area contributed by atoms with Gasteiger partial charge in [0.2, 0.25) is 0 Å². The molecule has 1 N–H and O–H groups in total. The van der Waals surface area contributed by atoms with Crippen molar-refractivity contribution in [1.29, 1.82) is 5.26 Å².